The first-order valence-corrected chi connectivity index (χ1v) is 12.5. The second-order valence-electron chi connectivity index (χ2n) is 9.52. The zero-order valence-electron chi connectivity index (χ0n) is 21.3. The Kier molecular flexibility index (Phi) is 6.97. The number of aromatic nitrogens is 5. The maximum Gasteiger partial charge on any atom is 0.229 e. The number of nitrogens with one attached hydrogen (secondary N) is 1. The Morgan fingerprint density at radius 3 is 2.59 bits per heavy atom. The monoisotopic (exact) mass is 499 g/mol. The number of anilines is 3. The summed E-state index contributed by atoms with van der Waals surface area (Å²) in [6.45, 7) is 16.2. The number of fused-ring (bicyclic) bond motifs is 1. The average molecular weight is 500 g/mol. The molecular formula is C27H30FN9. The van der Waals surface area contributed by atoms with Crippen LogP contribution < -0.4 is 10.2 Å². The summed E-state index contributed by atoms with van der Waals surface area (Å²) in [6, 6.07) is 9.57. The summed E-state index contributed by atoms with van der Waals surface area (Å²) in [5, 5.41) is 8.67. The van der Waals surface area contributed by atoms with Crippen LogP contribution in [0.15, 0.2) is 42.7 Å². The normalized spacial score (nSPS) is 14.3. The maximum atomic E-state index is 14.8. The third-order valence-corrected chi connectivity index (χ3v) is 6.70. The molecule has 10 heteroatoms. The standard InChI is InChI=1S/C27H30FN9/c1-18(2)26-21-15-19(5-7-23(21)34-35(26)4)25-22(28)17-31-27(33-25)32-24-8-6-20(16-30-24)37-13-11-36(12-14-37)10-9-29-3/h5-8,15-18H,9-14H2,1-2,4H3,(H,30,31,32,33). The molecule has 0 saturated carbocycles. The van der Waals surface area contributed by atoms with E-state index in [0.717, 1.165) is 55.0 Å². The molecule has 9 nitrogen and oxygen atoms in total. The van der Waals surface area contributed by atoms with Gasteiger partial charge in [-0.3, -0.25) is 9.58 Å². The lowest BCUT2D eigenvalue weighted by Gasteiger charge is -2.35. The molecular weight excluding hydrogens is 469 g/mol. The topological polar surface area (TPSA) is 79.4 Å². The fourth-order valence-corrected chi connectivity index (χ4v) is 4.86. The largest absolute Gasteiger partial charge is 0.368 e. The van der Waals surface area contributed by atoms with Crippen LogP contribution in [0.2, 0.25) is 0 Å². The molecule has 1 fully saturated rings. The Morgan fingerprint density at radius 2 is 1.89 bits per heavy atom. The van der Waals surface area contributed by atoms with Gasteiger partial charge in [0.05, 0.1) is 30.1 Å². The molecule has 0 atom stereocenters. The second-order valence-corrected chi connectivity index (χ2v) is 9.52. The minimum atomic E-state index is -0.487. The van der Waals surface area contributed by atoms with Crippen LogP contribution in [-0.2, 0) is 7.05 Å². The van der Waals surface area contributed by atoms with Crippen molar-refractivity contribution in [1.82, 2.24) is 29.6 Å². The molecule has 3 aromatic heterocycles. The molecule has 1 aliphatic rings. The van der Waals surface area contributed by atoms with Gasteiger partial charge in [-0.15, -0.1) is 0 Å². The van der Waals surface area contributed by atoms with Crippen molar-refractivity contribution < 1.29 is 4.39 Å². The zero-order valence-corrected chi connectivity index (χ0v) is 21.3. The predicted octanol–water partition coefficient (Wildman–Crippen LogP) is 4.47. The molecule has 5 rings (SSSR count). The van der Waals surface area contributed by atoms with Crippen molar-refractivity contribution in [2.75, 3.05) is 49.5 Å². The van der Waals surface area contributed by atoms with E-state index in [2.05, 4.69) is 53.9 Å². The molecule has 0 radical (unpaired) electrons. The van der Waals surface area contributed by atoms with Crippen LogP contribution in [0.25, 0.3) is 27.0 Å². The molecule has 0 amide bonds. The van der Waals surface area contributed by atoms with E-state index in [-0.39, 0.29) is 17.6 Å². The fourth-order valence-electron chi connectivity index (χ4n) is 4.86. The Morgan fingerprint density at radius 1 is 1.08 bits per heavy atom. The lowest BCUT2D eigenvalue weighted by Crippen LogP contribution is -2.47. The smallest absolute Gasteiger partial charge is 0.229 e. The predicted molar refractivity (Wildman–Crippen MR) is 143 cm³/mol. The van der Waals surface area contributed by atoms with E-state index in [1.165, 1.54) is 6.20 Å². The summed E-state index contributed by atoms with van der Waals surface area (Å²) in [5.74, 6) is 0.654. The van der Waals surface area contributed by atoms with Gasteiger partial charge in [0.25, 0.3) is 0 Å². The van der Waals surface area contributed by atoms with Gasteiger partial charge in [0.15, 0.2) is 5.82 Å². The highest BCUT2D eigenvalue weighted by molar-refractivity contribution is 5.86. The van der Waals surface area contributed by atoms with Crippen LogP contribution in [0.4, 0.5) is 21.8 Å². The SMILES string of the molecule is [C-]#[N+]CCN1CCN(c2ccc(Nc3ncc(F)c(-c4ccc5nn(C)c(C(C)C)c5c4)n3)nc2)CC1. The van der Waals surface area contributed by atoms with Crippen LogP contribution in [0.1, 0.15) is 25.5 Å². The van der Waals surface area contributed by atoms with Crippen LogP contribution in [-0.4, -0.2) is 68.9 Å². The summed E-state index contributed by atoms with van der Waals surface area (Å²) < 4.78 is 16.7. The number of halogens is 1. The van der Waals surface area contributed by atoms with Crippen LogP contribution in [0.3, 0.4) is 0 Å². The Labute approximate surface area is 215 Å². The summed E-state index contributed by atoms with van der Waals surface area (Å²) >= 11 is 0. The van der Waals surface area contributed by atoms with Gasteiger partial charge >= 0.3 is 0 Å². The van der Waals surface area contributed by atoms with Crippen molar-refractivity contribution in [3.8, 4) is 11.3 Å². The summed E-state index contributed by atoms with van der Waals surface area (Å²) in [6.07, 6.45) is 3.01. The number of benzene rings is 1. The average Bonchev–Trinajstić information content (AvgIpc) is 3.24. The molecule has 1 saturated heterocycles. The van der Waals surface area contributed by atoms with Gasteiger partial charge in [-0.1, -0.05) is 19.9 Å². The summed E-state index contributed by atoms with van der Waals surface area (Å²) in [5.41, 5.74) is 3.91. The van der Waals surface area contributed by atoms with Gasteiger partial charge in [-0.05, 0) is 30.2 Å². The van der Waals surface area contributed by atoms with Gasteiger partial charge in [-0.25, -0.2) is 25.9 Å². The van der Waals surface area contributed by atoms with Crippen molar-refractivity contribution in [2.45, 2.75) is 19.8 Å². The van der Waals surface area contributed by atoms with E-state index >= 15 is 0 Å². The second kappa shape index (κ2) is 10.5. The van der Waals surface area contributed by atoms with Gasteiger partial charge < -0.3 is 15.1 Å². The third kappa shape index (κ3) is 5.22. The van der Waals surface area contributed by atoms with Gasteiger partial charge in [0.2, 0.25) is 12.5 Å². The molecule has 0 aliphatic carbocycles. The fraction of sp³-hybridized carbons (Fsp3) is 0.370. The van der Waals surface area contributed by atoms with E-state index < -0.39 is 5.82 Å². The highest BCUT2D eigenvalue weighted by Gasteiger charge is 2.19. The molecule has 0 bridgehead atoms. The highest BCUT2D eigenvalue weighted by Crippen LogP contribution is 2.30. The van der Waals surface area contributed by atoms with Crippen molar-refractivity contribution in [3.63, 3.8) is 0 Å². The summed E-state index contributed by atoms with van der Waals surface area (Å²) in [4.78, 5) is 21.2. The van der Waals surface area contributed by atoms with E-state index in [0.29, 0.717) is 17.9 Å². The molecule has 4 aromatic rings. The lowest BCUT2D eigenvalue weighted by atomic mass is 10.0. The van der Waals surface area contributed by atoms with E-state index in [1.54, 1.807) is 0 Å². The van der Waals surface area contributed by atoms with Gasteiger partial charge in [-0.2, -0.15) is 5.10 Å². The number of hydrogen-bond acceptors (Lipinski definition) is 7. The molecule has 190 valence electrons. The first-order valence-electron chi connectivity index (χ1n) is 12.5. The lowest BCUT2D eigenvalue weighted by molar-refractivity contribution is 0.269. The first kappa shape index (κ1) is 24.6. The number of rotatable bonds is 7. The quantitative estimate of drug-likeness (QED) is 0.376. The maximum absolute atomic E-state index is 14.8. The van der Waals surface area contributed by atoms with Crippen molar-refractivity contribution in [1.29, 1.82) is 0 Å². The molecule has 1 N–H and O–H groups in total. The van der Waals surface area contributed by atoms with Crippen LogP contribution in [0, 0.1) is 12.4 Å². The number of hydrogen-bond donors (Lipinski definition) is 1. The molecule has 4 heterocycles. The first-order chi connectivity index (χ1) is 17.9. The summed E-state index contributed by atoms with van der Waals surface area (Å²) in [7, 11) is 1.93. The Hall–Kier alpha value is -4.10. The molecule has 0 unspecified atom stereocenters. The molecule has 0 spiro atoms. The number of piperazine rings is 1. The highest BCUT2D eigenvalue weighted by atomic mass is 19.1. The van der Waals surface area contributed by atoms with Crippen molar-refractivity contribution in [3.05, 3.63) is 65.7 Å². The minimum Gasteiger partial charge on any atom is -0.368 e. The van der Waals surface area contributed by atoms with Gasteiger partial charge in [0.1, 0.15) is 11.5 Å². The Bertz CT molecular complexity index is 1430. The van der Waals surface area contributed by atoms with Crippen molar-refractivity contribution >= 4 is 28.4 Å². The molecule has 37 heavy (non-hydrogen) atoms. The number of nitrogens with zero attached hydrogens (tertiary/aromatic N) is 8. The van der Waals surface area contributed by atoms with E-state index in [4.69, 9.17) is 6.57 Å². The number of pyridine rings is 1. The molecule has 1 aromatic carbocycles. The number of aryl methyl sites for hydroxylation is 1. The third-order valence-electron chi connectivity index (χ3n) is 6.70. The van der Waals surface area contributed by atoms with E-state index in [9.17, 15) is 4.39 Å². The zero-order chi connectivity index (χ0) is 25.9. The van der Waals surface area contributed by atoms with Crippen LogP contribution in [0.5, 0.6) is 0 Å². The van der Waals surface area contributed by atoms with Crippen LogP contribution >= 0.6 is 0 Å². The molecule has 1 aliphatic heterocycles. The van der Waals surface area contributed by atoms with E-state index in [1.807, 2.05) is 48.3 Å². The van der Waals surface area contributed by atoms with Crippen molar-refractivity contribution in [2.24, 2.45) is 7.05 Å². The minimum absolute atomic E-state index is 0.227. The Balaban J connectivity index is 1.31. The van der Waals surface area contributed by atoms with Gasteiger partial charge in [0, 0.05) is 49.9 Å².